The Bertz CT molecular complexity index is 549. The third kappa shape index (κ3) is 6.02. The first-order chi connectivity index (χ1) is 10.8. The number of carbonyl (C=O) groups is 2. The third-order valence-electron chi connectivity index (χ3n) is 3.85. The van der Waals surface area contributed by atoms with E-state index in [-0.39, 0.29) is 6.54 Å². The van der Waals surface area contributed by atoms with Gasteiger partial charge in [-0.15, -0.1) is 0 Å². The van der Waals surface area contributed by atoms with Crippen LogP contribution in [-0.2, 0) is 9.59 Å². The number of nitrogens with one attached hydrogen (secondary N) is 2. The zero-order valence-electron chi connectivity index (χ0n) is 14.5. The first kappa shape index (κ1) is 19.2. The number of hydrogen-bond donors (Lipinski definition) is 3. The predicted octanol–water partition coefficient (Wildman–Crippen LogP) is 2.69. The Hall–Kier alpha value is -1.88. The fourth-order valence-electron chi connectivity index (χ4n) is 2.69. The van der Waals surface area contributed by atoms with Crippen molar-refractivity contribution in [2.45, 2.75) is 59.0 Å². The maximum absolute atomic E-state index is 12.0. The molecule has 128 valence electrons. The van der Waals surface area contributed by atoms with Crippen LogP contribution < -0.4 is 10.6 Å². The molecule has 5 heteroatoms. The summed E-state index contributed by atoms with van der Waals surface area (Å²) < 4.78 is 0. The van der Waals surface area contributed by atoms with Crippen LogP contribution in [0.15, 0.2) is 18.2 Å². The molecule has 23 heavy (non-hydrogen) atoms. The van der Waals surface area contributed by atoms with E-state index in [1.807, 2.05) is 39.8 Å². The van der Waals surface area contributed by atoms with Gasteiger partial charge in [0.05, 0.1) is 5.60 Å². The van der Waals surface area contributed by atoms with Gasteiger partial charge in [0, 0.05) is 12.2 Å². The van der Waals surface area contributed by atoms with Crippen molar-refractivity contribution in [3.8, 4) is 0 Å². The zero-order chi connectivity index (χ0) is 17.5. The summed E-state index contributed by atoms with van der Waals surface area (Å²) in [6.45, 7) is 7.90. The molecule has 1 aromatic carbocycles. The van der Waals surface area contributed by atoms with Crippen molar-refractivity contribution in [2.24, 2.45) is 0 Å². The topological polar surface area (TPSA) is 78.4 Å². The van der Waals surface area contributed by atoms with E-state index in [2.05, 4.69) is 10.6 Å². The fourth-order valence-corrected chi connectivity index (χ4v) is 2.69. The van der Waals surface area contributed by atoms with E-state index in [1.165, 1.54) is 0 Å². The molecule has 0 unspecified atom stereocenters. The van der Waals surface area contributed by atoms with E-state index in [1.54, 1.807) is 6.07 Å². The Morgan fingerprint density at radius 1 is 1.09 bits per heavy atom. The Balaban J connectivity index is 2.61. The van der Waals surface area contributed by atoms with Gasteiger partial charge in [0.15, 0.2) is 0 Å². The summed E-state index contributed by atoms with van der Waals surface area (Å²) >= 11 is 0. The largest absolute Gasteiger partial charge is 0.388 e. The third-order valence-corrected chi connectivity index (χ3v) is 3.85. The number of anilines is 1. The number of benzene rings is 1. The molecule has 0 aliphatic carbocycles. The molecule has 0 bridgehead atoms. The summed E-state index contributed by atoms with van der Waals surface area (Å²) in [5.41, 5.74) is 1.67. The number of carbonyl (C=O) groups excluding carboxylic acids is 2. The molecule has 3 N–H and O–H groups in total. The summed E-state index contributed by atoms with van der Waals surface area (Å²) in [6, 6.07) is 5.59. The molecule has 0 fully saturated rings. The lowest BCUT2D eigenvalue weighted by molar-refractivity contribution is -0.137. The number of hydrogen-bond acceptors (Lipinski definition) is 3. The number of rotatable bonds is 7. The Labute approximate surface area is 138 Å². The van der Waals surface area contributed by atoms with Crippen molar-refractivity contribution in [3.63, 3.8) is 0 Å². The maximum atomic E-state index is 12.0. The fraction of sp³-hybridized carbons (Fsp3) is 0.556. The average Bonchev–Trinajstić information content (AvgIpc) is 2.48. The lowest BCUT2D eigenvalue weighted by atomic mass is 9.92. The van der Waals surface area contributed by atoms with Gasteiger partial charge in [0.25, 0.3) is 0 Å². The Kier molecular flexibility index (Phi) is 7.23. The highest BCUT2D eigenvalue weighted by Crippen LogP contribution is 2.19. The summed E-state index contributed by atoms with van der Waals surface area (Å²) in [5, 5.41) is 15.6. The summed E-state index contributed by atoms with van der Waals surface area (Å²) in [7, 11) is 0. The van der Waals surface area contributed by atoms with Crippen LogP contribution in [0.4, 0.5) is 5.69 Å². The zero-order valence-corrected chi connectivity index (χ0v) is 14.5. The van der Waals surface area contributed by atoms with E-state index in [0.717, 1.165) is 24.0 Å². The van der Waals surface area contributed by atoms with Gasteiger partial charge in [0.2, 0.25) is 0 Å². The molecule has 0 spiro atoms. The molecule has 1 rings (SSSR count). The molecular weight excluding hydrogens is 292 g/mol. The lowest BCUT2D eigenvalue weighted by Crippen LogP contribution is -2.46. The number of amides is 2. The SMILES string of the molecule is CCCC(O)(CCC)CNC(=O)C(=O)Nc1ccc(C)cc1C. The van der Waals surface area contributed by atoms with Gasteiger partial charge in [0.1, 0.15) is 0 Å². The van der Waals surface area contributed by atoms with Gasteiger partial charge in [-0.1, -0.05) is 44.4 Å². The second kappa shape index (κ2) is 8.67. The van der Waals surface area contributed by atoms with E-state index in [9.17, 15) is 14.7 Å². The molecule has 0 atom stereocenters. The van der Waals surface area contributed by atoms with E-state index >= 15 is 0 Å². The quantitative estimate of drug-likeness (QED) is 0.676. The lowest BCUT2D eigenvalue weighted by Gasteiger charge is -2.27. The van der Waals surface area contributed by atoms with Gasteiger partial charge in [-0.2, -0.15) is 0 Å². The van der Waals surface area contributed by atoms with Crippen LogP contribution in [0.1, 0.15) is 50.7 Å². The highest BCUT2D eigenvalue weighted by Gasteiger charge is 2.26. The van der Waals surface area contributed by atoms with E-state index < -0.39 is 17.4 Å². The summed E-state index contributed by atoms with van der Waals surface area (Å²) in [5.74, 6) is -1.44. The average molecular weight is 320 g/mol. The Morgan fingerprint density at radius 2 is 1.70 bits per heavy atom. The van der Waals surface area contributed by atoms with Crippen molar-refractivity contribution >= 4 is 17.5 Å². The van der Waals surface area contributed by atoms with Crippen LogP contribution in [0, 0.1) is 13.8 Å². The van der Waals surface area contributed by atoms with Crippen LogP contribution >= 0.6 is 0 Å². The smallest absolute Gasteiger partial charge is 0.313 e. The molecule has 1 aromatic rings. The number of aryl methyl sites for hydroxylation is 2. The second-order valence-electron chi connectivity index (χ2n) is 6.18. The molecule has 0 heterocycles. The van der Waals surface area contributed by atoms with Crippen molar-refractivity contribution in [1.29, 1.82) is 0 Å². The molecule has 0 aliphatic rings. The summed E-state index contributed by atoms with van der Waals surface area (Å²) in [4.78, 5) is 23.9. The molecule has 5 nitrogen and oxygen atoms in total. The maximum Gasteiger partial charge on any atom is 0.313 e. The highest BCUT2D eigenvalue weighted by molar-refractivity contribution is 6.39. The van der Waals surface area contributed by atoms with E-state index in [0.29, 0.717) is 18.5 Å². The Morgan fingerprint density at radius 3 is 2.22 bits per heavy atom. The minimum Gasteiger partial charge on any atom is -0.388 e. The van der Waals surface area contributed by atoms with Crippen LogP contribution in [0.5, 0.6) is 0 Å². The molecule has 0 saturated heterocycles. The van der Waals surface area contributed by atoms with Crippen molar-refractivity contribution in [1.82, 2.24) is 5.32 Å². The number of aliphatic hydroxyl groups is 1. The van der Waals surface area contributed by atoms with Crippen LogP contribution in [0.3, 0.4) is 0 Å². The van der Waals surface area contributed by atoms with Gasteiger partial charge in [-0.3, -0.25) is 9.59 Å². The first-order valence-electron chi connectivity index (χ1n) is 8.20. The minimum absolute atomic E-state index is 0.0911. The highest BCUT2D eigenvalue weighted by atomic mass is 16.3. The van der Waals surface area contributed by atoms with Crippen LogP contribution in [0.25, 0.3) is 0 Å². The van der Waals surface area contributed by atoms with Gasteiger partial charge in [-0.05, 0) is 38.3 Å². The molecule has 0 aromatic heterocycles. The van der Waals surface area contributed by atoms with Gasteiger partial charge in [-0.25, -0.2) is 0 Å². The standard InChI is InChI=1S/C18H28N2O3/c1-5-9-18(23,10-6-2)12-19-16(21)17(22)20-15-8-7-13(3)11-14(15)4/h7-8,11,23H,5-6,9-10,12H2,1-4H3,(H,19,21)(H,20,22). The second-order valence-corrected chi connectivity index (χ2v) is 6.18. The van der Waals surface area contributed by atoms with Crippen molar-refractivity contribution in [2.75, 3.05) is 11.9 Å². The van der Waals surface area contributed by atoms with Crippen LogP contribution in [-0.4, -0.2) is 29.1 Å². The molecule has 0 aliphatic heterocycles. The first-order valence-corrected chi connectivity index (χ1v) is 8.20. The van der Waals surface area contributed by atoms with Crippen molar-refractivity contribution < 1.29 is 14.7 Å². The normalized spacial score (nSPS) is 11.2. The molecular formula is C18H28N2O3. The molecule has 0 radical (unpaired) electrons. The summed E-state index contributed by atoms with van der Waals surface area (Å²) in [6.07, 6.45) is 2.84. The molecule has 0 saturated carbocycles. The van der Waals surface area contributed by atoms with Gasteiger partial charge < -0.3 is 15.7 Å². The monoisotopic (exact) mass is 320 g/mol. The van der Waals surface area contributed by atoms with Crippen molar-refractivity contribution in [3.05, 3.63) is 29.3 Å². The van der Waals surface area contributed by atoms with Crippen LogP contribution in [0.2, 0.25) is 0 Å². The predicted molar refractivity (Wildman–Crippen MR) is 92.3 cm³/mol. The van der Waals surface area contributed by atoms with E-state index in [4.69, 9.17) is 0 Å². The molecule has 2 amide bonds. The minimum atomic E-state index is -0.945. The van der Waals surface area contributed by atoms with Gasteiger partial charge >= 0.3 is 11.8 Å².